The van der Waals surface area contributed by atoms with Crippen molar-refractivity contribution in [2.75, 3.05) is 6.54 Å². The number of hydrogen-bond donors (Lipinski definition) is 1. The first-order valence-electron chi connectivity index (χ1n) is 7.39. The Kier molecular flexibility index (Phi) is 3.94. The van der Waals surface area contributed by atoms with E-state index in [1.807, 2.05) is 18.2 Å². The number of aliphatic hydroxyl groups is 1. The van der Waals surface area contributed by atoms with E-state index in [1.165, 1.54) is 29.8 Å². The molecule has 0 aromatic heterocycles. The van der Waals surface area contributed by atoms with Crippen molar-refractivity contribution in [3.8, 4) is 0 Å². The average molecular weight is 299 g/mol. The molecule has 0 aliphatic carbocycles. The molecule has 1 aliphatic rings. The van der Waals surface area contributed by atoms with Gasteiger partial charge in [-0.15, -0.1) is 0 Å². The van der Waals surface area contributed by atoms with Crippen molar-refractivity contribution >= 4 is 5.91 Å². The Bertz CT molecular complexity index is 695. The highest BCUT2D eigenvalue weighted by Crippen LogP contribution is 2.24. The fourth-order valence-corrected chi connectivity index (χ4v) is 2.79. The predicted octanol–water partition coefficient (Wildman–Crippen LogP) is 3.08. The molecule has 0 radical (unpaired) electrons. The van der Waals surface area contributed by atoms with Gasteiger partial charge in [-0.2, -0.15) is 0 Å². The Hall–Kier alpha value is -2.20. The molecule has 4 heteroatoms. The number of nitrogens with zero attached hydrogens (tertiary/aromatic N) is 1. The lowest BCUT2D eigenvalue weighted by molar-refractivity contribution is 0.0734. The van der Waals surface area contributed by atoms with Gasteiger partial charge in [0.15, 0.2) is 0 Å². The summed E-state index contributed by atoms with van der Waals surface area (Å²) in [6.07, 6.45) is 0.274. The van der Waals surface area contributed by atoms with Gasteiger partial charge in [-0.05, 0) is 54.3 Å². The standard InChI is InChI=1S/C18H18FNO2/c1-12(21)15-3-2-13-8-9-20(11-16(13)10-15)18(22)14-4-6-17(19)7-5-14/h2-7,10,12,21H,8-9,11H2,1H3. The number of aliphatic hydroxyl groups excluding tert-OH is 1. The number of amides is 1. The van der Waals surface area contributed by atoms with Crippen LogP contribution in [-0.4, -0.2) is 22.5 Å². The molecule has 1 atom stereocenters. The second-order valence-electron chi connectivity index (χ2n) is 5.69. The van der Waals surface area contributed by atoms with Gasteiger partial charge in [0.2, 0.25) is 0 Å². The summed E-state index contributed by atoms with van der Waals surface area (Å²) in [6.45, 7) is 2.90. The lowest BCUT2D eigenvalue weighted by atomic mass is 9.95. The minimum absolute atomic E-state index is 0.0897. The molecule has 2 aromatic rings. The molecule has 3 nitrogen and oxygen atoms in total. The first-order chi connectivity index (χ1) is 10.5. The maximum Gasteiger partial charge on any atom is 0.254 e. The second-order valence-corrected chi connectivity index (χ2v) is 5.69. The fourth-order valence-electron chi connectivity index (χ4n) is 2.79. The topological polar surface area (TPSA) is 40.5 Å². The van der Waals surface area contributed by atoms with Crippen LogP contribution in [0.1, 0.15) is 40.1 Å². The van der Waals surface area contributed by atoms with Gasteiger partial charge >= 0.3 is 0 Å². The normalized spacial score (nSPS) is 15.3. The lowest BCUT2D eigenvalue weighted by Crippen LogP contribution is -2.36. The maximum absolute atomic E-state index is 13.0. The fraction of sp³-hybridized carbons (Fsp3) is 0.278. The van der Waals surface area contributed by atoms with Gasteiger partial charge in [0.05, 0.1) is 6.10 Å². The van der Waals surface area contributed by atoms with Crippen molar-refractivity contribution in [2.24, 2.45) is 0 Å². The van der Waals surface area contributed by atoms with Gasteiger partial charge in [0, 0.05) is 18.7 Å². The van der Waals surface area contributed by atoms with E-state index in [1.54, 1.807) is 11.8 Å². The van der Waals surface area contributed by atoms with Crippen LogP contribution in [0.2, 0.25) is 0 Å². The van der Waals surface area contributed by atoms with Gasteiger partial charge in [0.25, 0.3) is 5.91 Å². The van der Waals surface area contributed by atoms with Gasteiger partial charge in [-0.25, -0.2) is 4.39 Å². The third-order valence-electron chi connectivity index (χ3n) is 4.10. The second kappa shape index (κ2) is 5.89. The van der Waals surface area contributed by atoms with Crippen molar-refractivity contribution in [1.82, 2.24) is 4.90 Å². The molecular weight excluding hydrogens is 281 g/mol. The van der Waals surface area contributed by atoms with Crippen molar-refractivity contribution in [2.45, 2.75) is 26.0 Å². The van der Waals surface area contributed by atoms with E-state index < -0.39 is 6.10 Å². The summed E-state index contributed by atoms with van der Waals surface area (Å²) < 4.78 is 13.0. The molecule has 0 bridgehead atoms. The minimum atomic E-state index is -0.520. The van der Waals surface area contributed by atoms with Crippen LogP contribution in [-0.2, 0) is 13.0 Å². The highest BCUT2D eigenvalue weighted by atomic mass is 19.1. The molecule has 2 aromatic carbocycles. The third-order valence-corrected chi connectivity index (χ3v) is 4.10. The lowest BCUT2D eigenvalue weighted by Gasteiger charge is -2.29. The monoisotopic (exact) mass is 299 g/mol. The van der Waals surface area contributed by atoms with Crippen molar-refractivity contribution in [1.29, 1.82) is 0 Å². The number of halogens is 1. The molecule has 114 valence electrons. The smallest absolute Gasteiger partial charge is 0.254 e. The summed E-state index contributed by atoms with van der Waals surface area (Å²) in [5, 5.41) is 9.69. The third kappa shape index (κ3) is 2.88. The molecule has 0 fully saturated rings. The Balaban J connectivity index is 1.82. The first-order valence-corrected chi connectivity index (χ1v) is 7.39. The number of hydrogen-bond acceptors (Lipinski definition) is 2. The summed E-state index contributed by atoms with van der Waals surface area (Å²) in [7, 11) is 0. The molecule has 0 spiro atoms. The Morgan fingerprint density at radius 2 is 1.91 bits per heavy atom. The molecule has 1 N–H and O–H groups in total. The molecule has 0 saturated heterocycles. The van der Waals surface area contributed by atoms with Crippen LogP contribution in [0.25, 0.3) is 0 Å². The molecule has 0 saturated carbocycles. The molecule has 22 heavy (non-hydrogen) atoms. The number of fused-ring (bicyclic) bond motifs is 1. The van der Waals surface area contributed by atoms with Crippen LogP contribution in [0.5, 0.6) is 0 Å². The Morgan fingerprint density at radius 1 is 1.18 bits per heavy atom. The van der Waals surface area contributed by atoms with Crippen LogP contribution in [0.3, 0.4) is 0 Å². The number of benzene rings is 2. The van der Waals surface area contributed by atoms with E-state index in [2.05, 4.69) is 0 Å². The highest BCUT2D eigenvalue weighted by Gasteiger charge is 2.22. The summed E-state index contributed by atoms with van der Waals surface area (Å²) >= 11 is 0. The van der Waals surface area contributed by atoms with E-state index in [4.69, 9.17) is 0 Å². The Morgan fingerprint density at radius 3 is 2.59 bits per heavy atom. The van der Waals surface area contributed by atoms with Crippen molar-refractivity contribution in [3.05, 3.63) is 70.5 Å². The average Bonchev–Trinajstić information content (AvgIpc) is 2.53. The van der Waals surface area contributed by atoms with Crippen LogP contribution >= 0.6 is 0 Å². The van der Waals surface area contributed by atoms with Crippen molar-refractivity contribution < 1.29 is 14.3 Å². The summed E-state index contributed by atoms with van der Waals surface area (Å²) in [6, 6.07) is 11.5. The molecule has 1 unspecified atom stereocenters. The minimum Gasteiger partial charge on any atom is -0.389 e. The molecule has 1 amide bonds. The van der Waals surface area contributed by atoms with Gasteiger partial charge in [-0.3, -0.25) is 4.79 Å². The van der Waals surface area contributed by atoms with E-state index in [9.17, 15) is 14.3 Å². The molecule has 1 aliphatic heterocycles. The quantitative estimate of drug-likeness (QED) is 0.926. The van der Waals surface area contributed by atoms with Gasteiger partial charge < -0.3 is 10.0 Å². The zero-order valence-corrected chi connectivity index (χ0v) is 12.4. The number of carbonyl (C=O) groups is 1. The largest absolute Gasteiger partial charge is 0.389 e. The zero-order valence-electron chi connectivity index (χ0n) is 12.4. The molecule has 1 heterocycles. The van der Waals surface area contributed by atoms with E-state index in [-0.39, 0.29) is 11.7 Å². The number of carbonyl (C=O) groups excluding carboxylic acids is 1. The predicted molar refractivity (Wildman–Crippen MR) is 81.9 cm³/mol. The van der Waals surface area contributed by atoms with Crippen LogP contribution in [0.4, 0.5) is 4.39 Å². The van der Waals surface area contributed by atoms with Crippen LogP contribution in [0, 0.1) is 5.82 Å². The summed E-state index contributed by atoms with van der Waals surface area (Å²) in [5.41, 5.74) is 3.64. The van der Waals surface area contributed by atoms with E-state index >= 15 is 0 Å². The van der Waals surface area contributed by atoms with Crippen molar-refractivity contribution in [3.63, 3.8) is 0 Å². The molecular formula is C18H18FNO2. The maximum atomic E-state index is 13.0. The summed E-state index contributed by atoms with van der Waals surface area (Å²) in [5.74, 6) is -0.435. The summed E-state index contributed by atoms with van der Waals surface area (Å²) in [4.78, 5) is 14.3. The van der Waals surface area contributed by atoms with Gasteiger partial charge in [-0.1, -0.05) is 18.2 Å². The SMILES string of the molecule is CC(O)c1ccc2c(c1)CN(C(=O)c1ccc(F)cc1)CC2. The van der Waals surface area contributed by atoms with Crippen LogP contribution < -0.4 is 0 Å². The highest BCUT2D eigenvalue weighted by molar-refractivity contribution is 5.94. The van der Waals surface area contributed by atoms with E-state index in [0.29, 0.717) is 18.7 Å². The van der Waals surface area contributed by atoms with E-state index in [0.717, 1.165) is 17.5 Å². The van der Waals surface area contributed by atoms with Crippen LogP contribution in [0.15, 0.2) is 42.5 Å². The zero-order chi connectivity index (χ0) is 15.7. The molecule has 3 rings (SSSR count). The van der Waals surface area contributed by atoms with Gasteiger partial charge in [0.1, 0.15) is 5.82 Å². The number of rotatable bonds is 2. The Labute approximate surface area is 129 Å². The first kappa shape index (κ1) is 14.7.